The molecule has 2 heterocycles. The van der Waals surface area contributed by atoms with Gasteiger partial charge in [-0.3, -0.25) is 0 Å². The van der Waals surface area contributed by atoms with Crippen molar-refractivity contribution in [2.45, 2.75) is 24.8 Å². The fourth-order valence-electron chi connectivity index (χ4n) is 3.29. The molecule has 0 saturated carbocycles. The second-order valence-corrected chi connectivity index (χ2v) is 7.77. The Morgan fingerprint density at radius 1 is 1.14 bits per heavy atom. The van der Waals surface area contributed by atoms with Gasteiger partial charge in [-0.25, -0.2) is 4.79 Å². The molecule has 0 spiro atoms. The summed E-state index contributed by atoms with van der Waals surface area (Å²) in [6.07, 6.45) is 0. The zero-order valence-corrected chi connectivity index (χ0v) is 17.5. The van der Waals surface area contributed by atoms with Crippen LogP contribution >= 0.6 is 11.8 Å². The van der Waals surface area contributed by atoms with Crippen LogP contribution in [0.25, 0.3) is 22.4 Å². The number of thioether (sulfide) groups is 1. The summed E-state index contributed by atoms with van der Waals surface area (Å²) >= 11 is 1.53. The second kappa shape index (κ2) is 7.75. The van der Waals surface area contributed by atoms with Gasteiger partial charge in [0.05, 0.1) is 12.7 Å². The monoisotopic (exact) mass is 407 g/mol. The van der Waals surface area contributed by atoms with E-state index in [4.69, 9.17) is 9.15 Å². The van der Waals surface area contributed by atoms with Gasteiger partial charge in [0.25, 0.3) is 0 Å². The topological polar surface area (TPSA) is 70.2 Å². The van der Waals surface area contributed by atoms with E-state index in [0.717, 1.165) is 44.4 Å². The summed E-state index contributed by atoms with van der Waals surface area (Å²) in [7, 11) is 3.57. The lowest BCUT2D eigenvalue weighted by atomic mass is 10.0. The van der Waals surface area contributed by atoms with Crippen LogP contribution in [0.15, 0.2) is 56.8 Å². The number of hydrogen-bond donors (Lipinski definition) is 0. The van der Waals surface area contributed by atoms with Gasteiger partial charge >= 0.3 is 5.63 Å². The van der Waals surface area contributed by atoms with Crippen molar-refractivity contribution in [3.05, 3.63) is 69.6 Å². The van der Waals surface area contributed by atoms with Gasteiger partial charge in [-0.15, -0.1) is 10.2 Å². The molecule has 0 aliphatic rings. The highest BCUT2D eigenvalue weighted by Crippen LogP contribution is 2.32. The van der Waals surface area contributed by atoms with E-state index < -0.39 is 0 Å². The van der Waals surface area contributed by atoms with Crippen molar-refractivity contribution in [1.29, 1.82) is 0 Å². The van der Waals surface area contributed by atoms with Gasteiger partial charge in [0.1, 0.15) is 11.3 Å². The number of ether oxygens (including phenoxy) is 1. The Bertz CT molecular complexity index is 1260. The SMILES string of the molecule is COc1ccccc1-c1nnc(SCc2cc(=O)oc3c(C)c(C)ccc23)n1C. The molecule has 7 heteroatoms. The third-order valence-corrected chi connectivity index (χ3v) is 6.13. The Labute approximate surface area is 172 Å². The number of fused-ring (bicyclic) bond motifs is 1. The van der Waals surface area contributed by atoms with E-state index >= 15 is 0 Å². The third-order valence-electron chi connectivity index (χ3n) is 5.06. The Balaban J connectivity index is 1.67. The first-order valence-corrected chi connectivity index (χ1v) is 10.2. The van der Waals surface area contributed by atoms with Crippen LogP contribution in [0.1, 0.15) is 16.7 Å². The molecule has 4 rings (SSSR count). The smallest absolute Gasteiger partial charge is 0.336 e. The summed E-state index contributed by atoms with van der Waals surface area (Å²) in [4.78, 5) is 12.1. The van der Waals surface area contributed by atoms with E-state index in [1.54, 1.807) is 13.2 Å². The molecule has 2 aromatic carbocycles. The van der Waals surface area contributed by atoms with Gasteiger partial charge in [0, 0.05) is 24.3 Å². The van der Waals surface area contributed by atoms with Gasteiger partial charge in [0.2, 0.25) is 0 Å². The van der Waals surface area contributed by atoms with Crippen molar-refractivity contribution in [3.8, 4) is 17.1 Å². The summed E-state index contributed by atoms with van der Waals surface area (Å²) in [5.74, 6) is 2.06. The molecular weight excluding hydrogens is 386 g/mol. The number of aromatic nitrogens is 3. The molecule has 0 aliphatic heterocycles. The minimum absolute atomic E-state index is 0.338. The Hall–Kier alpha value is -3.06. The number of benzene rings is 2. The van der Waals surface area contributed by atoms with E-state index in [-0.39, 0.29) is 5.63 Å². The van der Waals surface area contributed by atoms with Crippen LogP contribution < -0.4 is 10.4 Å². The molecule has 29 heavy (non-hydrogen) atoms. The maximum absolute atomic E-state index is 12.1. The van der Waals surface area contributed by atoms with Crippen LogP contribution in [-0.2, 0) is 12.8 Å². The van der Waals surface area contributed by atoms with Crippen molar-refractivity contribution in [1.82, 2.24) is 14.8 Å². The Morgan fingerprint density at radius 2 is 1.93 bits per heavy atom. The summed E-state index contributed by atoms with van der Waals surface area (Å²) in [6, 6.07) is 13.3. The summed E-state index contributed by atoms with van der Waals surface area (Å²) in [6.45, 7) is 3.98. The largest absolute Gasteiger partial charge is 0.496 e. The normalized spacial score (nSPS) is 11.2. The van der Waals surface area contributed by atoms with Gasteiger partial charge < -0.3 is 13.7 Å². The highest BCUT2D eigenvalue weighted by Gasteiger charge is 2.16. The van der Waals surface area contributed by atoms with Gasteiger partial charge in [-0.05, 0) is 42.7 Å². The summed E-state index contributed by atoms with van der Waals surface area (Å²) < 4.78 is 12.8. The maximum atomic E-state index is 12.1. The highest BCUT2D eigenvalue weighted by atomic mass is 32.2. The first-order chi connectivity index (χ1) is 14.0. The number of rotatable bonds is 5. The highest BCUT2D eigenvalue weighted by molar-refractivity contribution is 7.98. The molecule has 148 valence electrons. The molecular formula is C22H21N3O3S. The van der Waals surface area contributed by atoms with E-state index in [1.165, 1.54) is 11.8 Å². The molecule has 0 bridgehead atoms. The molecule has 0 fully saturated rings. The van der Waals surface area contributed by atoms with Crippen LogP contribution in [0.2, 0.25) is 0 Å². The predicted octanol–water partition coefficient (Wildman–Crippen LogP) is 4.51. The fourth-order valence-corrected chi connectivity index (χ4v) is 4.19. The van der Waals surface area contributed by atoms with Crippen LogP contribution in [-0.4, -0.2) is 21.9 Å². The quantitative estimate of drug-likeness (QED) is 0.358. The standard InChI is InChI=1S/C22H21N3O3S/c1-13-9-10-16-15(11-19(26)28-20(16)14(13)2)12-29-22-24-23-21(25(22)3)17-7-5-6-8-18(17)27-4/h5-11H,12H2,1-4H3. The van der Waals surface area contributed by atoms with Crippen molar-refractivity contribution < 1.29 is 9.15 Å². The molecule has 0 saturated heterocycles. The van der Waals surface area contributed by atoms with E-state index in [0.29, 0.717) is 11.3 Å². The number of nitrogens with zero attached hydrogens (tertiary/aromatic N) is 3. The number of hydrogen-bond acceptors (Lipinski definition) is 6. The number of methoxy groups -OCH3 is 1. The van der Waals surface area contributed by atoms with Crippen LogP contribution in [0.3, 0.4) is 0 Å². The van der Waals surface area contributed by atoms with Crippen molar-refractivity contribution >= 4 is 22.7 Å². The molecule has 0 N–H and O–H groups in total. The fraction of sp³-hybridized carbons (Fsp3) is 0.227. The average Bonchev–Trinajstić information content (AvgIpc) is 3.09. The maximum Gasteiger partial charge on any atom is 0.336 e. The van der Waals surface area contributed by atoms with Crippen LogP contribution in [0.5, 0.6) is 5.75 Å². The van der Waals surface area contributed by atoms with Crippen molar-refractivity contribution in [3.63, 3.8) is 0 Å². The zero-order chi connectivity index (χ0) is 20.5. The molecule has 0 amide bonds. The van der Waals surface area contributed by atoms with Crippen molar-refractivity contribution in [2.75, 3.05) is 7.11 Å². The van der Waals surface area contributed by atoms with Crippen molar-refractivity contribution in [2.24, 2.45) is 7.05 Å². The molecule has 0 unspecified atom stereocenters. The van der Waals surface area contributed by atoms with Gasteiger partial charge in [-0.2, -0.15) is 0 Å². The Kier molecular flexibility index (Phi) is 5.15. The van der Waals surface area contributed by atoms with E-state index in [2.05, 4.69) is 10.2 Å². The van der Waals surface area contributed by atoms with Gasteiger partial charge in [-0.1, -0.05) is 36.0 Å². The minimum atomic E-state index is -0.338. The lowest BCUT2D eigenvalue weighted by molar-refractivity contribution is 0.416. The zero-order valence-electron chi connectivity index (χ0n) is 16.7. The van der Waals surface area contributed by atoms with Crippen LogP contribution in [0.4, 0.5) is 0 Å². The second-order valence-electron chi connectivity index (χ2n) is 6.83. The molecule has 4 aromatic rings. The Morgan fingerprint density at radius 3 is 2.72 bits per heavy atom. The molecule has 2 aromatic heterocycles. The van der Waals surface area contributed by atoms with Crippen LogP contribution in [0, 0.1) is 13.8 Å². The first-order valence-electron chi connectivity index (χ1n) is 9.18. The first kappa shape index (κ1) is 19.3. The van der Waals surface area contributed by atoms with Gasteiger partial charge in [0.15, 0.2) is 11.0 Å². The molecule has 0 radical (unpaired) electrons. The molecule has 6 nitrogen and oxygen atoms in total. The number of aryl methyl sites for hydroxylation is 2. The summed E-state index contributed by atoms with van der Waals surface area (Å²) in [5, 5.41) is 10.4. The number of para-hydroxylation sites is 1. The lowest BCUT2D eigenvalue weighted by Gasteiger charge is -2.09. The minimum Gasteiger partial charge on any atom is -0.496 e. The van der Waals surface area contributed by atoms with E-state index in [9.17, 15) is 4.79 Å². The lowest BCUT2D eigenvalue weighted by Crippen LogP contribution is -2.02. The third kappa shape index (κ3) is 3.53. The average molecular weight is 407 g/mol. The molecule has 0 atom stereocenters. The predicted molar refractivity (Wildman–Crippen MR) is 115 cm³/mol. The van der Waals surface area contributed by atoms with E-state index in [1.807, 2.05) is 61.9 Å². The molecule has 0 aliphatic carbocycles. The summed E-state index contributed by atoms with van der Waals surface area (Å²) in [5.41, 5.74) is 4.21.